The smallest absolute Gasteiger partial charge is 0.420 e. The lowest BCUT2D eigenvalue weighted by Crippen LogP contribution is -2.36. The summed E-state index contributed by atoms with van der Waals surface area (Å²) in [5, 5.41) is 0. The van der Waals surface area contributed by atoms with Crippen LogP contribution in [0.2, 0.25) is 0 Å². The lowest BCUT2D eigenvalue weighted by Gasteiger charge is -2.28. The van der Waals surface area contributed by atoms with Crippen LogP contribution in [0.15, 0.2) is 78.9 Å². The molecule has 0 atom stereocenters. The topological polar surface area (TPSA) is 38.8 Å². The van der Waals surface area contributed by atoms with Gasteiger partial charge in [0.1, 0.15) is 18.1 Å². The van der Waals surface area contributed by atoms with Crippen molar-refractivity contribution in [2.75, 3.05) is 4.90 Å². The monoisotopic (exact) mass is 331 g/mol. The highest BCUT2D eigenvalue weighted by molar-refractivity contribution is 5.91. The fraction of sp³-hybridized carbons (Fsp3) is 0.0952. The van der Waals surface area contributed by atoms with Crippen molar-refractivity contribution in [3.8, 4) is 11.5 Å². The Labute approximate surface area is 146 Å². The van der Waals surface area contributed by atoms with E-state index < -0.39 is 0 Å². The molecule has 4 heteroatoms. The van der Waals surface area contributed by atoms with Crippen LogP contribution in [0.3, 0.4) is 0 Å². The minimum absolute atomic E-state index is 0.364. The molecule has 0 radical (unpaired) electrons. The maximum Gasteiger partial charge on any atom is 0.420 e. The van der Waals surface area contributed by atoms with Crippen LogP contribution in [0.25, 0.3) is 0 Å². The number of para-hydroxylation sites is 1. The Morgan fingerprint density at radius 1 is 0.880 bits per heavy atom. The zero-order chi connectivity index (χ0) is 17.1. The molecule has 0 saturated heterocycles. The maximum absolute atomic E-state index is 12.2. The van der Waals surface area contributed by atoms with Crippen LogP contribution in [-0.4, -0.2) is 6.09 Å². The predicted octanol–water partition coefficient (Wildman–Crippen LogP) is 4.78. The molecule has 1 heterocycles. The molecule has 0 aliphatic carbocycles. The summed E-state index contributed by atoms with van der Waals surface area (Å²) in [7, 11) is 0. The Hall–Kier alpha value is -3.27. The van der Waals surface area contributed by atoms with Crippen LogP contribution in [0, 0.1) is 0 Å². The Balaban J connectivity index is 1.46. The van der Waals surface area contributed by atoms with Gasteiger partial charge in [0.25, 0.3) is 0 Å². The van der Waals surface area contributed by atoms with Gasteiger partial charge in [-0.2, -0.15) is 0 Å². The second-order valence-corrected chi connectivity index (χ2v) is 5.83. The molecule has 124 valence electrons. The molecule has 0 N–H and O–H groups in total. The lowest BCUT2D eigenvalue weighted by atomic mass is 10.1. The normalized spacial score (nSPS) is 13.1. The molecule has 0 spiro atoms. The Bertz CT molecular complexity index is 875. The molecular weight excluding hydrogens is 314 g/mol. The number of fused-ring (bicyclic) bond motifs is 1. The van der Waals surface area contributed by atoms with E-state index in [1.165, 1.54) is 0 Å². The maximum atomic E-state index is 12.2. The van der Waals surface area contributed by atoms with Crippen molar-refractivity contribution in [1.29, 1.82) is 0 Å². The number of carbonyl (C=O) groups excluding carboxylic acids is 1. The average molecular weight is 331 g/mol. The van der Waals surface area contributed by atoms with Crippen LogP contribution < -0.4 is 14.4 Å². The highest BCUT2D eigenvalue weighted by Gasteiger charge is 2.25. The van der Waals surface area contributed by atoms with Crippen LogP contribution in [0.5, 0.6) is 11.5 Å². The lowest BCUT2D eigenvalue weighted by molar-refractivity contribution is 0.203. The first-order valence-electron chi connectivity index (χ1n) is 8.14. The van der Waals surface area contributed by atoms with Gasteiger partial charge in [-0.05, 0) is 35.9 Å². The second kappa shape index (κ2) is 6.69. The molecule has 1 aliphatic heterocycles. The van der Waals surface area contributed by atoms with Crippen molar-refractivity contribution in [2.24, 2.45) is 0 Å². The summed E-state index contributed by atoms with van der Waals surface area (Å²) in [4.78, 5) is 13.8. The fourth-order valence-corrected chi connectivity index (χ4v) is 2.78. The first-order valence-corrected chi connectivity index (χ1v) is 8.14. The first-order chi connectivity index (χ1) is 12.3. The van der Waals surface area contributed by atoms with Gasteiger partial charge < -0.3 is 9.47 Å². The van der Waals surface area contributed by atoms with Crippen LogP contribution in [0.1, 0.15) is 11.1 Å². The standard InChI is InChI=1S/C21H17NO3/c23-21-22(14-17-8-4-5-9-20(17)25-21)18-10-12-19(13-11-18)24-15-16-6-2-1-3-7-16/h1-13H,14-15H2. The van der Waals surface area contributed by atoms with E-state index in [0.717, 1.165) is 22.6 Å². The van der Waals surface area contributed by atoms with E-state index in [2.05, 4.69) is 0 Å². The Morgan fingerprint density at radius 2 is 1.60 bits per heavy atom. The molecule has 3 aromatic rings. The van der Waals surface area contributed by atoms with Gasteiger partial charge in [0.15, 0.2) is 0 Å². The van der Waals surface area contributed by atoms with Crippen LogP contribution in [0.4, 0.5) is 10.5 Å². The van der Waals surface area contributed by atoms with E-state index >= 15 is 0 Å². The molecule has 3 aromatic carbocycles. The number of amides is 1. The van der Waals surface area contributed by atoms with Crippen molar-refractivity contribution in [3.63, 3.8) is 0 Å². The van der Waals surface area contributed by atoms with Crippen molar-refractivity contribution in [1.82, 2.24) is 0 Å². The molecule has 1 amide bonds. The molecule has 0 aromatic heterocycles. The van der Waals surface area contributed by atoms with Crippen LogP contribution in [-0.2, 0) is 13.2 Å². The molecule has 4 nitrogen and oxygen atoms in total. The Morgan fingerprint density at radius 3 is 2.40 bits per heavy atom. The van der Waals surface area contributed by atoms with Gasteiger partial charge in [-0.1, -0.05) is 48.5 Å². The predicted molar refractivity (Wildman–Crippen MR) is 95.9 cm³/mol. The molecule has 0 fully saturated rings. The van der Waals surface area contributed by atoms with Gasteiger partial charge in [0.2, 0.25) is 0 Å². The van der Waals surface area contributed by atoms with Gasteiger partial charge >= 0.3 is 6.09 Å². The third-order valence-corrected chi connectivity index (χ3v) is 4.12. The second-order valence-electron chi connectivity index (χ2n) is 5.83. The van der Waals surface area contributed by atoms with Crippen molar-refractivity contribution < 1.29 is 14.3 Å². The van der Waals surface area contributed by atoms with E-state index in [1.807, 2.05) is 78.9 Å². The molecule has 25 heavy (non-hydrogen) atoms. The third-order valence-electron chi connectivity index (χ3n) is 4.12. The van der Waals surface area contributed by atoms with E-state index in [1.54, 1.807) is 4.90 Å². The summed E-state index contributed by atoms with van der Waals surface area (Å²) in [5.74, 6) is 1.39. The third kappa shape index (κ3) is 3.33. The minimum Gasteiger partial charge on any atom is -0.489 e. The fourth-order valence-electron chi connectivity index (χ4n) is 2.78. The van der Waals surface area contributed by atoms with Crippen LogP contribution >= 0.6 is 0 Å². The number of hydrogen-bond donors (Lipinski definition) is 0. The summed E-state index contributed by atoms with van der Waals surface area (Å²) < 4.78 is 11.2. The minimum atomic E-state index is -0.364. The largest absolute Gasteiger partial charge is 0.489 e. The van der Waals surface area contributed by atoms with Gasteiger partial charge in [-0.15, -0.1) is 0 Å². The zero-order valence-electron chi connectivity index (χ0n) is 13.6. The van der Waals surface area contributed by atoms with Gasteiger partial charge in [-0.3, -0.25) is 4.90 Å². The number of rotatable bonds is 4. The summed E-state index contributed by atoms with van der Waals surface area (Å²) in [6, 6.07) is 25.1. The van der Waals surface area contributed by atoms with Gasteiger partial charge in [0, 0.05) is 11.3 Å². The van der Waals surface area contributed by atoms with E-state index in [9.17, 15) is 4.79 Å². The molecule has 0 unspecified atom stereocenters. The zero-order valence-corrected chi connectivity index (χ0v) is 13.6. The number of nitrogens with zero attached hydrogens (tertiary/aromatic N) is 1. The molecule has 0 saturated carbocycles. The summed E-state index contributed by atoms with van der Waals surface area (Å²) >= 11 is 0. The molecule has 4 rings (SSSR count). The SMILES string of the molecule is O=C1Oc2ccccc2CN1c1ccc(OCc2ccccc2)cc1. The van der Waals surface area contributed by atoms with Crippen molar-refractivity contribution in [3.05, 3.63) is 90.0 Å². The number of ether oxygens (including phenoxy) is 2. The first kappa shape index (κ1) is 15.3. The van der Waals surface area contributed by atoms with E-state index in [0.29, 0.717) is 18.9 Å². The van der Waals surface area contributed by atoms with Gasteiger partial charge in [-0.25, -0.2) is 4.79 Å². The number of hydrogen-bond acceptors (Lipinski definition) is 3. The highest BCUT2D eigenvalue weighted by Crippen LogP contribution is 2.30. The van der Waals surface area contributed by atoms with Crippen molar-refractivity contribution >= 4 is 11.8 Å². The quantitative estimate of drug-likeness (QED) is 0.690. The summed E-state index contributed by atoms with van der Waals surface area (Å²) in [5.41, 5.74) is 2.89. The van der Waals surface area contributed by atoms with Crippen molar-refractivity contribution in [2.45, 2.75) is 13.2 Å². The summed E-state index contributed by atoms with van der Waals surface area (Å²) in [6.45, 7) is 1.01. The highest BCUT2D eigenvalue weighted by atomic mass is 16.6. The Kier molecular flexibility index (Phi) is 4.09. The average Bonchev–Trinajstić information content (AvgIpc) is 2.67. The number of anilines is 1. The van der Waals surface area contributed by atoms with E-state index in [4.69, 9.17) is 9.47 Å². The number of carbonyl (C=O) groups is 1. The summed E-state index contributed by atoms with van der Waals surface area (Å²) in [6.07, 6.45) is -0.364. The number of benzene rings is 3. The molecule has 0 bridgehead atoms. The van der Waals surface area contributed by atoms with Gasteiger partial charge in [0.05, 0.1) is 6.54 Å². The van der Waals surface area contributed by atoms with E-state index in [-0.39, 0.29) is 6.09 Å². The molecule has 1 aliphatic rings. The molecular formula is C21H17NO3.